The molecule has 0 bridgehead atoms. The van der Waals surface area contributed by atoms with Gasteiger partial charge < -0.3 is 5.73 Å². The van der Waals surface area contributed by atoms with Gasteiger partial charge in [0.15, 0.2) is 5.82 Å². The fourth-order valence-corrected chi connectivity index (χ4v) is 1.21. The van der Waals surface area contributed by atoms with Gasteiger partial charge in [0.05, 0.1) is 12.2 Å². The SMILES string of the molecule is Cc1ccc(-n2cnc(CN)n2)cc1. The molecule has 2 rings (SSSR count). The minimum absolute atomic E-state index is 0.374. The standard InChI is InChI=1S/C10H12N4/c1-8-2-4-9(5-3-8)14-7-12-10(6-11)13-14/h2-5,7H,6,11H2,1H3. The minimum atomic E-state index is 0.374. The van der Waals surface area contributed by atoms with Crippen LogP contribution in [-0.2, 0) is 6.54 Å². The van der Waals surface area contributed by atoms with Crippen LogP contribution in [0.15, 0.2) is 30.6 Å². The predicted octanol–water partition coefficient (Wildman–Crippen LogP) is 1.03. The molecule has 0 saturated carbocycles. The van der Waals surface area contributed by atoms with E-state index >= 15 is 0 Å². The van der Waals surface area contributed by atoms with Crippen LogP contribution in [0.3, 0.4) is 0 Å². The molecule has 0 aliphatic rings. The third-order valence-corrected chi connectivity index (χ3v) is 2.02. The fraction of sp³-hybridized carbons (Fsp3) is 0.200. The Balaban J connectivity index is 2.34. The fourth-order valence-electron chi connectivity index (χ4n) is 1.21. The van der Waals surface area contributed by atoms with E-state index in [1.807, 2.05) is 24.3 Å². The molecule has 0 aliphatic heterocycles. The Morgan fingerprint density at radius 1 is 1.29 bits per heavy atom. The van der Waals surface area contributed by atoms with Crippen molar-refractivity contribution in [3.63, 3.8) is 0 Å². The zero-order valence-electron chi connectivity index (χ0n) is 8.01. The first-order valence-corrected chi connectivity index (χ1v) is 4.47. The Morgan fingerprint density at radius 3 is 2.57 bits per heavy atom. The van der Waals surface area contributed by atoms with E-state index in [-0.39, 0.29) is 0 Å². The normalized spacial score (nSPS) is 10.4. The van der Waals surface area contributed by atoms with Crippen molar-refractivity contribution in [2.24, 2.45) is 5.73 Å². The van der Waals surface area contributed by atoms with Crippen molar-refractivity contribution in [2.75, 3.05) is 0 Å². The highest BCUT2D eigenvalue weighted by atomic mass is 15.3. The Labute approximate surface area is 82.4 Å². The second-order valence-electron chi connectivity index (χ2n) is 3.15. The Morgan fingerprint density at radius 2 is 2.00 bits per heavy atom. The summed E-state index contributed by atoms with van der Waals surface area (Å²) >= 11 is 0. The maximum absolute atomic E-state index is 5.43. The largest absolute Gasteiger partial charge is 0.324 e. The average molecular weight is 188 g/mol. The highest BCUT2D eigenvalue weighted by Crippen LogP contribution is 2.07. The van der Waals surface area contributed by atoms with Gasteiger partial charge in [-0.2, -0.15) is 0 Å². The summed E-state index contributed by atoms with van der Waals surface area (Å²) in [5.41, 5.74) is 7.66. The Hall–Kier alpha value is -1.68. The molecule has 0 amide bonds. The molecule has 0 radical (unpaired) electrons. The van der Waals surface area contributed by atoms with Crippen LogP contribution in [0, 0.1) is 6.92 Å². The monoisotopic (exact) mass is 188 g/mol. The van der Waals surface area contributed by atoms with E-state index in [1.54, 1.807) is 11.0 Å². The minimum Gasteiger partial charge on any atom is -0.324 e. The van der Waals surface area contributed by atoms with Crippen molar-refractivity contribution < 1.29 is 0 Å². The van der Waals surface area contributed by atoms with Crippen molar-refractivity contribution in [3.05, 3.63) is 42.0 Å². The third kappa shape index (κ3) is 1.65. The van der Waals surface area contributed by atoms with Crippen molar-refractivity contribution in [1.29, 1.82) is 0 Å². The smallest absolute Gasteiger partial charge is 0.164 e. The number of rotatable bonds is 2. The maximum atomic E-state index is 5.43. The molecule has 4 nitrogen and oxygen atoms in total. The van der Waals surface area contributed by atoms with Gasteiger partial charge >= 0.3 is 0 Å². The number of hydrogen-bond donors (Lipinski definition) is 1. The van der Waals surface area contributed by atoms with Crippen LogP contribution in [0.5, 0.6) is 0 Å². The number of nitrogens with zero attached hydrogens (tertiary/aromatic N) is 3. The molecular weight excluding hydrogens is 176 g/mol. The molecule has 0 unspecified atom stereocenters. The Kier molecular flexibility index (Phi) is 2.28. The zero-order chi connectivity index (χ0) is 9.97. The van der Waals surface area contributed by atoms with Gasteiger partial charge in [0.2, 0.25) is 0 Å². The van der Waals surface area contributed by atoms with Crippen molar-refractivity contribution in [2.45, 2.75) is 13.5 Å². The molecule has 0 aliphatic carbocycles. The summed E-state index contributed by atoms with van der Waals surface area (Å²) < 4.78 is 1.72. The lowest BCUT2D eigenvalue weighted by atomic mass is 10.2. The first kappa shape index (κ1) is 8.90. The summed E-state index contributed by atoms with van der Waals surface area (Å²) in [6, 6.07) is 8.09. The number of nitrogens with two attached hydrogens (primary N) is 1. The molecule has 2 aromatic rings. The first-order valence-electron chi connectivity index (χ1n) is 4.47. The molecule has 0 atom stereocenters. The van der Waals surface area contributed by atoms with E-state index in [9.17, 15) is 0 Å². The van der Waals surface area contributed by atoms with Crippen LogP contribution < -0.4 is 5.73 Å². The van der Waals surface area contributed by atoms with E-state index in [2.05, 4.69) is 17.0 Å². The molecule has 1 aromatic heterocycles. The van der Waals surface area contributed by atoms with Crippen LogP contribution >= 0.6 is 0 Å². The van der Waals surface area contributed by atoms with Gasteiger partial charge in [-0.1, -0.05) is 17.7 Å². The van der Waals surface area contributed by atoms with Crippen LogP contribution in [0.25, 0.3) is 5.69 Å². The molecule has 14 heavy (non-hydrogen) atoms. The Bertz CT molecular complexity index is 416. The van der Waals surface area contributed by atoms with E-state index in [1.165, 1.54) is 5.56 Å². The van der Waals surface area contributed by atoms with Gasteiger partial charge in [-0.05, 0) is 19.1 Å². The van der Waals surface area contributed by atoms with Crippen molar-refractivity contribution in [1.82, 2.24) is 14.8 Å². The molecule has 2 N–H and O–H groups in total. The summed E-state index contributed by atoms with van der Waals surface area (Å²) in [5, 5.41) is 4.21. The lowest BCUT2D eigenvalue weighted by molar-refractivity contribution is 0.830. The summed E-state index contributed by atoms with van der Waals surface area (Å²) in [6.07, 6.45) is 1.67. The lowest BCUT2D eigenvalue weighted by Gasteiger charge is -1.99. The highest BCUT2D eigenvalue weighted by Gasteiger charge is 1.99. The second kappa shape index (κ2) is 3.59. The summed E-state index contributed by atoms with van der Waals surface area (Å²) in [6.45, 7) is 2.43. The summed E-state index contributed by atoms with van der Waals surface area (Å²) in [5.74, 6) is 0.658. The van der Waals surface area contributed by atoms with Crippen molar-refractivity contribution in [3.8, 4) is 5.69 Å². The van der Waals surface area contributed by atoms with Gasteiger partial charge in [0.1, 0.15) is 6.33 Å². The average Bonchev–Trinajstić information content (AvgIpc) is 2.67. The van der Waals surface area contributed by atoms with Gasteiger partial charge in [-0.25, -0.2) is 9.67 Å². The lowest BCUT2D eigenvalue weighted by Crippen LogP contribution is -2.00. The molecule has 0 saturated heterocycles. The highest BCUT2D eigenvalue weighted by molar-refractivity contribution is 5.32. The van der Waals surface area contributed by atoms with E-state index in [4.69, 9.17) is 5.73 Å². The maximum Gasteiger partial charge on any atom is 0.164 e. The van der Waals surface area contributed by atoms with Gasteiger partial charge in [0, 0.05) is 0 Å². The quantitative estimate of drug-likeness (QED) is 0.766. The van der Waals surface area contributed by atoms with E-state index in [0.29, 0.717) is 12.4 Å². The molecule has 1 heterocycles. The van der Waals surface area contributed by atoms with Crippen LogP contribution in [0.1, 0.15) is 11.4 Å². The molecule has 72 valence electrons. The van der Waals surface area contributed by atoms with Gasteiger partial charge in [-0.3, -0.25) is 0 Å². The van der Waals surface area contributed by atoms with Crippen LogP contribution in [0.2, 0.25) is 0 Å². The van der Waals surface area contributed by atoms with Crippen molar-refractivity contribution >= 4 is 0 Å². The van der Waals surface area contributed by atoms with Gasteiger partial charge in [0.25, 0.3) is 0 Å². The number of benzene rings is 1. The molecular formula is C10H12N4. The molecule has 0 spiro atoms. The second-order valence-corrected chi connectivity index (χ2v) is 3.15. The van der Waals surface area contributed by atoms with Crippen LogP contribution in [0.4, 0.5) is 0 Å². The molecule has 4 heteroatoms. The number of hydrogen-bond acceptors (Lipinski definition) is 3. The number of aryl methyl sites for hydroxylation is 1. The van der Waals surface area contributed by atoms with Crippen LogP contribution in [-0.4, -0.2) is 14.8 Å². The zero-order valence-corrected chi connectivity index (χ0v) is 8.01. The summed E-state index contributed by atoms with van der Waals surface area (Å²) in [4.78, 5) is 4.06. The van der Waals surface area contributed by atoms with E-state index < -0.39 is 0 Å². The molecule has 1 aromatic carbocycles. The topological polar surface area (TPSA) is 56.7 Å². The number of aromatic nitrogens is 3. The van der Waals surface area contributed by atoms with Gasteiger partial charge in [-0.15, -0.1) is 5.10 Å². The third-order valence-electron chi connectivity index (χ3n) is 2.02. The summed E-state index contributed by atoms with van der Waals surface area (Å²) in [7, 11) is 0. The molecule has 0 fully saturated rings. The first-order chi connectivity index (χ1) is 6.79. The predicted molar refractivity (Wildman–Crippen MR) is 54.0 cm³/mol. The van der Waals surface area contributed by atoms with E-state index in [0.717, 1.165) is 5.69 Å².